The summed E-state index contributed by atoms with van der Waals surface area (Å²) in [5.74, 6) is 0. The largest absolute Gasteiger partial charge is 0.383 e. The van der Waals surface area contributed by atoms with Crippen LogP contribution in [0.15, 0.2) is 18.5 Å². The van der Waals surface area contributed by atoms with Crippen molar-refractivity contribution in [1.82, 2.24) is 19.7 Å². The number of aromatic nitrogens is 3. The number of nitrogens with zero attached hydrogens (tertiary/aromatic N) is 4. The number of hydrogen-bond donors (Lipinski definition) is 0. The molecule has 2 heterocycles. The van der Waals surface area contributed by atoms with Crippen molar-refractivity contribution in [3.8, 4) is 0 Å². The molecule has 0 saturated carbocycles. The first-order valence-electron chi connectivity index (χ1n) is 8.62. The van der Waals surface area contributed by atoms with E-state index in [1.807, 2.05) is 24.1 Å². The molecule has 5 nitrogen and oxygen atoms in total. The second-order valence-electron chi connectivity index (χ2n) is 6.45. The van der Waals surface area contributed by atoms with Crippen molar-refractivity contribution in [3.63, 3.8) is 0 Å². The Labute approximate surface area is 145 Å². The SMILES string of the molecule is COCCN(CCCc1cnccc1C)Cc1c(C)nn(C)c1C. The highest BCUT2D eigenvalue weighted by Crippen LogP contribution is 2.16. The lowest BCUT2D eigenvalue weighted by atomic mass is 10.1. The van der Waals surface area contributed by atoms with E-state index in [0.29, 0.717) is 0 Å². The first-order valence-corrected chi connectivity index (χ1v) is 8.62. The van der Waals surface area contributed by atoms with Crippen LogP contribution in [0.25, 0.3) is 0 Å². The van der Waals surface area contributed by atoms with Gasteiger partial charge in [-0.15, -0.1) is 0 Å². The highest BCUT2D eigenvalue weighted by molar-refractivity contribution is 5.24. The van der Waals surface area contributed by atoms with E-state index in [1.165, 1.54) is 22.4 Å². The summed E-state index contributed by atoms with van der Waals surface area (Å²) in [5, 5.41) is 4.53. The molecule has 5 heteroatoms. The van der Waals surface area contributed by atoms with Gasteiger partial charge in [-0.25, -0.2) is 0 Å². The highest BCUT2D eigenvalue weighted by atomic mass is 16.5. The Kier molecular flexibility index (Phi) is 6.94. The predicted molar refractivity (Wildman–Crippen MR) is 97.1 cm³/mol. The maximum absolute atomic E-state index is 5.29. The fourth-order valence-corrected chi connectivity index (χ4v) is 3.01. The van der Waals surface area contributed by atoms with Crippen LogP contribution >= 0.6 is 0 Å². The van der Waals surface area contributed by atoms with Crippen molar-refractivity contribution in [1.29, 1.82) is 0 Å². The Bertz CT molecular complexity index is 651. The smallest absolute Gasteiger partial charge is 0.0641 e. The van der Waals surface area contributed by atoms with Gasteiger partial charge >= 0.3 is 0 Å². The molecule has 0 radical (unpaired) electrons. The number of aryl methyl sites for hydroxylation is 4. The molecule has 0 spiro atoms. The monoisotopic (exact) mass is 330 g/mol. The zero-order valence-corrected chi connectivity index (χ0v) is 15.7. The van der Waals surface area contributed by atoms with Gasteiger partial charge in [0, 0.05) is 50.9 Å². The van der Waals surface area contributed by atoms with Crippen molar-refractivity contribution >= 4 is 0 Å². The van der Waals surface area contributed by atoms with Crippen molar-refractivity contribution in [2.24, 2.45) is 7.05 Å². The first-order chi connectivity index (χ1) is 11.5. The summed E-state index contributed by atoms with van der Waals surface area (Å²) in [6, 6.07) is 2.08. The lowest BCUT2D eigenvalue weighted by molar-refractivity contribution is 0.143. The summed E-state index contributed by atoms with van der Waals surface area (Å²) in [5.41, 5.74) is 6.38. The second kappa shape index (κ2) is 8.94. The molecule has 0 saturated heterocycles. The summed E-state index contributed by atoms with van der Waals surface area (Å²) in [6.45, 7) is 10.1. The van der Waals surface area contributed by atoms with Gasteiger partial charge in [0.25, 0.3) is 0 Å². The van der Waals surface area contributed by atoms with Gasteiger partial charge in [0.2, 0.25) is 0 Å². The van der Waals surface area contributed by atoms with Gasteiger partial charge < -0.3 is 4.74 Å². The molecule has 2 rings (SSSR count). The highest BCUT2D eigenvalue weighted by Gasteiger charge is 2.14. The van der Waals surface area contributed by atoms with Gasteiger partial charge in [0.05, 0.1) is 12.3 Å². The van der Waals surface area contributed by atoms with E-state index >= 15 is 0 Å². The van der Waals surface area contributed by atoms with Crippen LogP contribution in [0.1, 0.15) is 34.5 Å². The fourth-order valence-electron chi connectivity index (χ4n) is 3.01. The number of hydrogen-bond acceptors (Lipinski definition) is 4. The van der Waals surface area contributed by atoms with Crippen LogP contribution in [0, 0.1) is 20.8 Å². The third-order valence-electron chi connectivity index (χ3n) is 4.72. The molecule has 0 amide bonds. The van der Waals surface area contributed by atoms with E-state index in [-0.39, 0.29) is 0 Å². The third-order valence-corrected chi connectivity index (χ3v) is 4.72. The van der Waals surface area contributed by atoms with Crippen molar-refractivity contribution in [2.75, 3.05) is 26.8 Å². The average molecular weight is 330 g/mol. The summed E-state index contributed by atoms with van der Waals surface area (Å²) in [6.07, 6.45) is 6.03. The molecular weight excluding hydrogens is 300 g/mol. The van der Waals surface area contributed by atoms with Crippen LogP contribution < -0.4 is 0 Å². The molecule has 24 heavy (non-hydrogen) atoms. The van der Waals surface area contributed by atoms with Crippen LogP contribution in [-0.4, -0.2) is 46.5 Å². The quantitative estimate of drug-likeness (QED) is 0.709. The lowest BCUT2D eigenvalue weighted by Crippen LogP contribution is -2.29. The zero-order valence-electron chi connectivity index (χ0n) is 15.7. The number of pyridine rings is 1. The van der Waals surface area contributed by atoms with Gasteiger partial charge in [-0.1, -0.05) is 0 Å². The van der Waals surface area contributed by atoms with Crippen LogP contribution in [-0.2, 0) is 24.8 Å². The topological polar surface area (TPSA) is 43.2 Å². The van der Waals surface area contributed by atoms with E-state index < -0.39 is 0 Å². The molecule has 132 valence electrons. The van der Waals surface area contributed by atoms with Crippen LogP contribution in [0.4, 0.5) is 0 Å². The summed E-state index contributed by atoms with van der Waals surface area (Å²) >= 11 is 0. The van der Waals surface area contributed by atoms with Crippen molar-refractivity contribution < 1.29 is 4.74 Å². The molecule has 0 aliphatic carbocycles. The fraction of sp³-hybridized carbons (Fsp3) is 0.579. The van der Waals surface area contributed by atoms with Crippen LogP contribution in [0.3, 0.4) is 0 Å². The van der Waals surface area contributed by atoms with Crippen LogP contribution in [0.5, 0.6) is 0 Å². The average Bonchev–Trinajstić information content (AvgIpc) is 2.80. The Balaban J connectivity index is 1.96. The second-order valence-corrected chi connectivity index (χ2v) is 6.45. The van der Waals surface area contributed by atoms with E-state index in [4.69, 9.17) is 4.74 Å². The van der Waals surface area contributed by atoms with Gasteiger partial charge in [0.15, 0.2) is 0 Å². The van der Waals surface area contributed by atoms with E-state index in [0.717, 1.165) is 44.8 Å². The Morgan fingerprint density at radius 1 is 1.21 bits per heavy atom. The molecule has 2 aromatic rings. The lowest BCUT2D eigenvalue weighted by Gasteiger charge is -2.22. The molecule has 0 fully saturated rings. The Hall–Kier alpha value is -1.72. The summed E-state index contributed by atoms with van der Waals surface area (Å²) in [4.78, 5) is 6.71. The van der Waals surface area contributed by atoms with Gasteiger partial charge in [0.1, 0.15) is 0 Å². The Morgan fingerprint density at radius 3 is 2.62 bits per heavy atom. The van der Waals surface area contributed by atoms with Crippen LogP contribution in [0.2, 0.25) is 0 Å². The van der Waals surface area contributed by atoms with Gasteiger partial charge in [-0.3, -0.25) is 14.6 Å². The third kappa shape index (κ3) is 4.89. The molecule has 0 atom stereocenters. The molecule has 0 N–H and O–H groups in total. The van der Waals surface area contributed by atoms with Gasteiger partial charge in [-0.05, 0) is 57.4 Å². The minimum absolute atomic E-state index is 0.754. The predicted octanol–water partition coefficient (Wildman–Crippen LogP) is 2.82. The molecule has 0 aliphatic heterocycles. The molecule has 0 aromatic carbocycles. The van der Waals surface area contributed by atoms with E-state index in [2.05, 4.69) is 41.8 Å². The minimum Gasteiger partial charge on any atom is -0.383 e. The van der Waals surface area contributed by atoms with Crippen molar-refractivity contribution in [3.05, 3.63) is 46.5 Å². The van der Waals surface area contributed by atoms with Gasteiger partial charge in [-0.2, -0.15) is 5.10 Å². The maximum Gasteiger partial charge on any atom is 0.0641 e. The number of ether oxygens (including phenoxy) is 1. The zero-order chi connectivity index (χ0) is 17.5. The summed E-state index contributed by atoms with van der Waals surface area (Å²) < 4.78 is 7.26. The normalized spacial score (nSPS) is 11.4. The first kappa shape index (κ1) is 18.6. The standard InChI is InChI=1S/C19H30N4O/c1-15-8-9-20-13-18(15)7-6-10-23(11-12-24-5)14-19-16(2)21-22(4)17(19)3/h8-9,13H,6-7,10-12,14H2,1-5H3. The molecule has 0 unspecified atom stereocenters. The molecule has 2 aromatic heterocycles. The van der Waals surface area contributed by atoms with E-state index in [1.54, 1.807) is 7.11 Å². The van der Waals surface area contributed by atoms with E-state index in [9.17, 15) is 0 Å². The maximum atomic E-state index is 5.29. The number of methoxy groups -OCH3 is 1. The minimum atomic E-state index is 0.754. The Morgan fingerprint density at radius 2 is 2.00 bits per heavy atom. The molecule has 0 aliphatic rings. The molecule has 0 bridgehead atoms. The molecular formula is C19H30N4O. The number of rotatable bonds is 9. The van der Waals surface area contributed by atoms with Crippen molar-refractivity contribution in [2.45, 2.75) is 40.2 Å². The summed E-state index contributed by atoms with van der Waals surface area (Å²) in [7, 11) is 3.77.